The average molecular weight is 309 g/mol. The van der Waals surface area contributed by atoms with E-state index in [9.17, 15) is 4.79 Å². The minimum absolute atomic E-state index is 0.0740. The molecule has 0 aliphatic carbocycles. The number of rotatable bonds is 5. The van der Waals surface area contributed by atoms with Crippen molar-refractivity contribution in [1.29, 1.82) is 0 Å². The number of ketones is 1. The smallest absolute Gasteiger partial charge is 0.179 e. The van der Waals surface area contributed by atoms with Gasteiger partial charge >= 0.3 is 0 Å². The lowest BCUT2D eigenvalue weighted by Gasteiger charge is -2.35. The second-order valence-corrected chi connectivity index (χ2v) is 6.07. The molecule has 1 heterocycles. The second-order valence-electron chi connectivity index (χ2n) is 6.07. The summed E-state index contributed by atoms with van der Waals surface area (Å²) in [6, 6.07) is 19.4. The van der Waals surface area contributed by atoms with E-state index in [1.165, 1.54) is 0 Å². The average Bonchev–Trinajstić information content (AvgIpc) is 2.63. The Balaban J connectivity index is 1.53. The molecule has 1 fully saturated rings. The third kappa shape index (κ3) is 3.99. The molecule has 3 rings (SSSR count). The summed E-state index contributed by atoms with van der Waals surface area (Å²) in [5.74, 6) is 1.13. The van der Waals surface area contributed by atoms with Crippen molar-refractivity contribution in [2.75, 3.05) is 13.1 Å². The van der Waals surface area contributed by atoms with E-state index in [0.29, 0.717) is 0 Å². The van der Waals surface area contributed by atoms with Crippen LogP contribution >= 0.6 is 0 Å². The van der Waals surface area contributed by atoms with E-state index >= 15 is 0 Å². The van der Waals surface area contributed by atoms with Crippen molar-refractivity contribution in [3.8, 4) is 5.75 Å². The summed E-state index contributed by atoms with van der Waals surface area (Å²) in [4.78, 5) is 14.8. The number of likely N-dealkylation sites (tertiary alicyclic amines) is 1. The van der Waals surface area contributed by atoms with Crippen LogP contribution < -0.4 is 4.74 Å². The van der Waals surface area contributed by atoms with E-state index in [4.69, 9.17) is 4.74 Å². The first-order chi connectivity index (χ1) is 11.2. The summed E-state index contributed by atoms with van der Waals surface area (Å²) < 4.78 is 6.02. The Morgan fingerprint density at radius 3 is 2.17 bits per heavy atom. The quantitative estimate of drug-likeness (QED) is 0.787. The highest BCUT2D eigenvalue weighted by Gasteiger charge is 2.27. The number of hydrogen-bond acceptors (Lipinski definition) is 3. The summed E-state index contributed by atoms with van der Waals surface area (Å²) in [6.45, 7) is 3.81. The summed E-state index contributed by atoms with van der Waals surface area (Å²) in [6.07, 6.45) is 2.16. The van der Waals surface area contributed by atoms with Crippen LogP contribution in [0.3, 0.4) is 0 Å². The number of ether oxygens (including phenoxy) is 1. The highest BCUT2D eigenvalue weighted by Crippen LogP contribution is 2.21. The lowest BCUT2D eigenvalue weighted by Crippen LogP contribution is -2.46. The van der Waals surface area contributed by atoms with Crippen LogP contribution in [0.2, 0.25) is 0 Å². The highest BCUT2D eigenvalue weighted by atomic mass is 16.5. The van der Waals surface area contributed by atoms with Crippen LogP contribution in [0, 0.1) is 0 Å². The van der Waals surface area contributed by atoms with E-state index in [1.807, 2.05) is 67.6 Å². The van der Waals surface area contributed by atoms with Crippen molar-refractivity contribution in [2.45, 2.75) is 31.9 Å². The van der Waals surface area contributed by atoms with E-state index in [1.54, 1.807) is 0 Å². The van der Waals surface area contributed by atoms with Gasteiger partial charge in [0.2, 0.25) is 0 Å². The third-order valence-corrected chi connectivity index (χ3v) is 4.51. The highest BCUT2D eigenvalue weighted by molar-refractivity contribution is 5.99. The van der Waals surface area contributed by atoms with Crippen LogP contribution in [0.5, 0.6) is 5.75 Å². The van der Waals surface area contributed by atoms with Crippen LogP contribution in [-0.4, -0.2) is 35.9 Å². The van der Waals surface area contributed by atoms with Crippen LogP contribution in [0.1, 0.15) is 30.1 Å². The van der Waals surface area contributed by atoms with Crippen molar-refractivity contribution >= 4 is 5.78 Å². The van der Waals surface area contributed by atoms with Crippen molar-refractivity contribution in [3.05, 3.63) is 66.2 Å². The Morgan fingerprint density at radius 2 is 1.57 bits per heavy atom. The lowest BCUT2D eigenvalue weighted by molar-refractivity contribution is 0.0629. The number of nitrogens with zero attached hydrogens (tertiary/aromatic N) is 1. The zero-order chi connectivity index (χ0) is 16.1. The number of benzene rings is 2. The first kappa shape index (κ1) is 15.8. The minimum atomic E-state index is -0.0740. The molecule has 0 amide bonds. The number of carbonyl (C=O) groups excluding carboxylic acids is 1. The Morgan fingerprint density at radius 1 is 1.00 bits per heavy atom. The van der Waals surface area contributed by atoms with Gasteiger partial charge in [-0.1, -0.05) is 48.5 Å². The second kappa shape index (κ2) is 7.42. The number of carbonyl (C=O) groups is 1. The molecule has 120 valence electrons. The molecule has 0 spiro atoms. The molecule has 0 aromatic heterocycles. The fraction of sp³-hybridized carbons (Fsp3) is 0.350. The van der Waals surface area contributed by atoms with Gasteiger partial charge in [-0.2, -0.15) is 0 Å². The Bertz CT molecular complexity index is 619. The molecular formula is C20H23NO2. The monoisotopic (exact) mass is 309 g/mol. The molecule has 0 radical (unpaired) electrons. The van der Waals surface area contributed by atoms with Crippen LogP contribution in [0.15, 0.2) is 60.7 Å². The topological polar surface area (TPSA) is 29.5 Å². The molecule has 3 nitrogen and oxygen atoms in total. The van der Waals surface area contributed by atoms with Gasteiger partial charge in [0.25, 0.3) is 0 Å². The van der Waals surface area contributed by atoms with E-state index in [-0.39, 0.29) is 17.9 Å². The lowest BCUT2D eigenvalue weighted by atomic mass is 10.0. The normalized spacial score (nSPS) is 17.6. The van der Waals surface area contributed by atoms with Crippen LogP contribution in [0.25, 0.3) is 0 Å². The molecule has 0 N–H and O–H groups in total. The largest absolute Gasteiger partial charge is 0.490 e. The molecule has 1 saturated heterocycles. The maximum absolute atomic E-state index is 12.5. The van der Waals surface area contributed by atoms with E-state index < -0.39 is 0 Å². The standard InChI is InChI=1S/C20H23NO2/c1-16(20(22)17-8-4-2-5-9-17)21-14-12-19(13-15-21)23-18-10-6-3-7-11-18/h2-11,16,19H,12-15H2,1H3/t16-/m1/s1. The fourth-order valence-corrected chi connectivity index (χ4v) is 3.08. The molecule has 0 bridgehead atoms. The maximum Gasteiger partial charge on any atom is 0.179 e. The molecule has 23 heavy (non-hydrogen) atoms. The van der Waals surface area contributed by atoms with Crippen molar-refractivity contribution in [3.63, 3.8) is 0 Å². The van der Waals surface area contributed by atoms with E-state index in [2.05, 4.69) is 4.90 Å². The Kier molecular flexibility index (Phi) is 5.09. The number of Topliss-reactive ketones (excluding diaryl/α,β-unsaturated/α-hetero) is 1. The number of para-hydroxylation sites is 1. The van der Waals surface area contributed by atoms with Crippen LogP contribution in [0.4, 0.5) is 0 Å². The summed E-state index contributed by atoms with van der Waals surface area (Å²) >= 11 is 0. The van der Waals surface area contributed by atoms with Gasteiger partial charge in [0.05, 0.1) is 6.04 Å². The van der Waals surface area contributed by atoms with Gasteiger partial charge in [-0.15, -0.1) is 0 Å². The molecule has 2 aromatic rings. The zero-order valence-electron chi connectivity index (χ0n) is 13.5. The summed E-state index contributed by atoms with van der Waals surface area (Å²) in [5, 5.41) is 0. The molecule has 3 heteroatoms. The summed E-state index contributed by atoms with van der Waals surface area (Å²) in [5.41, 5.74) is 0.794. The molecule has 1 aliphatic heterocycles. The fourth-order valence-electron chi connectivity index (χ4n) is 3.08. The SMILES string of the molecule is C[C@H](C(=O)c1ccccc1)N1CCC(Oc2ccccc2)CC1. The Hall–Kier alpha value is -2.13. The van der Waals surface area contributed by atoms with Gasteiger partial charge in [0, 0.05) is 18.7 Å². The summed E-state index contributed by atoms with van der Waals surface area (Å²) in [7, 11) is 0. The third-order valence-electron chi connectivity index (χ3n) is 4.51. The van der Waals surface area contributed by atoms with Gasteiger partial charge in [-0.05, 0) is 31.9 Å². The first-order valence-electron chi connectivity index (χ1n) is 8.29. The number of piperidine rings is 1. The first-order valence-corrected chi connectivity index (χ1v) is 8.29. The predicted molar refractivity (Wildman–Crippen MR) is 91.9 cm³/mol. The Labute approximate surface area is 137 Å². The minimum Gasteiger partial charge on any atom is -0.490 e. The molecular weight excluding hydrogens is 286 g/mol. The molecule has 0 saturated carbocycles. The molecule has 1 atom stereocenters. The van der Waals surface area contributed by atoms with Gasteiger partial charge in [0.1, 0.15) is 11.9 Å². The van der Waals surface area contributed by atoms with E-state index in [0.717, 1.165) is 37.2 Å². The van der Waals surface area contributed by atoms with Crippen molar-refractivity contribution < 1.29 is 9.53 Å². The molecule has 0 unspecified atom stereocenters. The van der Waals surface area contributed by atoms with Gasteiger partial charge in [-0.25, -0.2) is 0 Å². The van der Waals surface area contributed by atoms with Crippen molar-refractivity contribution in [2.24, 2.45) is 0 Å². The van der Waals surface area contributed by atoms with Crippen molar-refractivity contribution in [1.82, 2.24) is 4.90 Å². The number of hydrogen-bond donors (Lipinski definition) is 0. The van der Waals surface area contributed by atoms with Crippen LogP contribution in [-0.2, 0) is 0 Å². The van der Waals surface area contributed by atoms with Gasteiger partial charge < -0.3 is 4.74 Å². The maximum atomic E-state index is 12.5. The molecule has 2 aromatic carbocycles. The molecule has 1 aliphatic rings. The predicted octanol–water partition coefficient (Wildman–Crippen LogP) is 3.80. The zero-order valence-corrected chi connectivity index (χ0v) is 13.5. The van der Waals surface area contributed by atoms with Gasteiger partial charge in [0.15, 0.2) is 5.78 Å². The van der Waals surface area contributed by atoms with Gasteiger partial charge in [-0.3, -0.25) is 9.69 Å².